The zero-order chi connectivity index (χ0) is 20.1. The van der Waals surface area contributed by atoms with Gasteiger partial charge in [0.05, 0.1) is 35.4 Å². The summed E-state index contributed by atoms with van der Waals surface area (Å²) >= 11 is 5.78. The van der Waals surface area contributed by atoms with Gasteiger partial charge in [-0.2, -0.15) is 10.2 Å². The van der Waals surface area contributed by atoms with Crippen LogP contribution < -0.4 is 5.32 Å². The summed E-state index contributed by atoms with van der Waals surface area (Å²) in [6.07, 6.45) is 5.83. The lowest BCUT2D eigenvalue weighted by molar-refractivity contribution is 0.0711. The number of anilines is 1. The van der Waals surface area contributed by atoms with Crippen molar-refractivity contribution in [3.8, 4) is 5.69 Å². The van der Waals surface area contributed by atoms with Gasteiger partial charge in [-0.3, -0.25) is 4.79 Å². The SMILES string of the molecule is CCN(C(=O)c1cccc(F)c1-n1nccn1)[C@@H](C)CNc1ncc(Cl)cn1. The van der Waals surface area contributed by atoms with Gasteiger partial charge >= 0.3 is 0 Å². The predicted octanol–water partition coefficient (Wildman–Crippen LogP) is 2.81. The third-order valence-corrected chi connectivity index (χ3v) is 4.34. The number of hydrogen-bond donors (Lipinski definition) is 1. The Hall–Kier alpha value is -3.07. The normalized spacial score (nSPS) is 11.9. The van der Waals surface area contributed by atoms with Gasteiger partial charge in [-0.1, -0.05) is 17.7 Å². The molecule has 10 heteroatoms. The van der Waals surface area contributed by atoms with Crippen molar-refractivity contribution < 1.29 is 9.18 Å². The van der Waals surface area contributed by atoms with Crippen LogP contribution in [-0.2, 0) is 0 Å². The molecule has 0 aliphatic rings. The van der Waals surface area contributed by atoms with Gasteiger partial charge in [0.2, 0.25) is 5.95 Å². The number of aromatic nitrogens is 5. The third kappa shape index (κ3) is 4.25. The van der Waals surface area contributed by atoms with Crippen LogP contribution in [0.15, 0.2) is 43.0 Å². The maximum atomic E-state index is 14.4. The molecule has 1 atom stereocenters. The minimum atomic E-state index is -0.571. The van der Waals surface area contributed by atoms with Crippen LogP contribution >= 0.6 is 11.6 Å². The van der Waals surface area contributed by atoms with E-state index in [1.54, 1.807) is 11.0 Å². The van der Waals surface area contributed by atoms with Crippen molar-refractivity contribution in [2.24, 2.45) is 0 Å². The third-order valence-electron chi connectivity index (χ3n) is 4.15. The first-order chi connectivity index (χ1) is 13.5. The van der Waals surface area contributed by atoms with Crippen LogP contribution in [0.4, 0.5) is 10.3 Å². The Balaban J connectivity index is 1.80. The number of para-hydroxylation sites is 1. The van der Waals surface area contributed by atoms with Gasteiger partial charge in [-0.05, 0) is 26.0 Å². The molecule has 0 saturated heterocycles. The standard InChI is InChI=1S/C18H19ClFN7O/c1-3-26(12(2)9-21-18-22-10-13(19)11-23-18)17(28)14-5-4-6-15(20)16(14)27-24-7-8-25-27/h4-8,10-12H,3,9H2,1-2H3,(H,21,22,23)/t12-/m0/s1. The second-order valence-electron chi connectivity index (χ2n) is 6.00. The highest BCUT2D eigenvalue weighted by molar-refractivity contribution is 6.30. The fourth-order valence-electron chi connectivity index (χ4n) is 2.79. The molecule has 0 fully saturated rings. The Bertz CT molecular complexity index is 934. The number of nitrogens with one attached hydrogen (secondary N) is 1. The van der Waals surface area contributed by atoms with Crippen LogP contribution in [0.2, 0.25) is 5.02 Å². The van der Waals surface area contributed by atoms with Gasteiger partial charge in [0, 0.05) is 19.1 Å². The van der Waals surface area contributed by atoms with Crippen LogP contribution in [0.5, 0.6) is 0 Å². The second kappa shape index (κ2) is 8.75. The molecule has 1 aromatic carbocycles. The van der Waals surface area contributed by atoms with Gasteiger partial charge in [0.15, 0.2) is 5.82 Å². The minimum Gasteiger partial charge on any atom is -0.352 e. The molecule has 146 valence electrons. The van der Waals surface area contributed by atoms with E-state index in [0.717, 1.165) is 4.80 Å². The van der Waals surface area contributed by atoms with E-state index in [0.29, 0.717) is 24.1 Å². The highest BCUT2D eigenvalue weighted by Crippen LogP contribution is 2.20. The molecule has 0 unspecified atom stereocenters. The zero-order valence-corrected chi connectivity index (χ0v) is 16.1. The Morgan fingerprint density at radius 2 is 1.96 bits per heavy atom. The Morgan fingerprint density at radius 1 is 1.29 bits per heavy atom. The van der Waals surface area contributed by atoms with Crippen molar-refractivity contribution in [2.75, 3.05) is 18.4 Å². The van der Waals surface area contributed by atoms with Crippen molar-refractivity contribution >= 4 is 23.5 Å². The van der Waals surface area contributed by atoms with Gasteiger partial charge < -0.3 is 10.2 Å². The fraction of sp³-hybridized carbons (Fsp3) is 0.278. The number of benzene rings is 1. The zero-order valence-electron chi connectivity index (χ0n) is 15.4. The smallest absolute Gasteiger partial charge is 0.256 e. The Morgan fingerprint density at radius 3 is 2.61 bits per heavy atom. The van der Waals surface area contributed by atoms with Crippen LogP contribution in [-0.4, -0.2) is 54.9 Å². The monoisotopic (exact) mass is 403 g/mol. The van der Waals surface area contributed by atoms with E-state index in [9.17, 15) is 9.18 Å². The second-order valence-corrected chi connectivity index (χ2v) is 6.44. The summed E-state index contributed by atoms with van der Waals surface area (Å²) in [5.41, 5.74) is 0.213. The molecule has 2 aromatic heterocycles. The number of carbonyl (C=O) groups excluding carboxylic acids is 1. The highest BCUT2D eigenvalue weighted by Gasteiger charge is 2.25. The summed E-state index contributed by atoms with van der Waals surface area (Å²) in [4.78, 5) is 24.0. The maximum absolute atomic E-state index is 14.4. The highest BCUT2D eigenvalue weighted by atomic mass is 35.5. The molecule has 0 radical (unpaired) electrons. The summed E-state index contributed by atoms with van der Waals surface area (Å²) in [7, 11) is 0. The number of hydrogen-bond acceptors (Lipinski definition) is 6. The van der Waals surface area contributed by atoms with E-state index < -0.39 is 5.82 Å². The van der Waals surface area contributed by atoms with Crippen molar-refractivity contribution in [1.82, 2.24) is 29.9 Å². The maximum Gasteiger partial charge on any atom is 0.256 e. The number of carbonyl (C=O) groups is 1. The van der Waals surface area contributed by atoms with Crippen molar-refractivity contribution in [1.29, 1.82) is 0 Å². The number of likely N-dealkylation sites (N-methyl/N-ethyl adjacent to an activating group) is 1. The molecule has 0 bridgehead atoms. The van der Waals surface area contributed by atoms with Gasteiger partial charge in [0.25, 0.3) is 5.91 Å². The molecule has 0 aliphatic heterocycles. The topological polar surface area (TPSA) is 88.8 Å². The molecular formula is C18H19ClFN7O. The van der Waals surface area contributed by atoms with Crippen LogP contribution in [0.1, 0.15) is 24.2 Å². The Labute approximate surface area is 166 Å². The lowest BCUT2D eigenvalue weighted by Crippen LogP contribution is -2.42. The molecule has 3 rings (SSSR count). The van der Waals surface area contributed by atoms with E-state index in [4.69, 9.17) is 11.6 Å². The summed E-state index contributed by atoms with van der Waals surface area (Å²) < 4.78 is 14.4. The molecule has 3 aromatic rings. The van der Waals surface area contributed by atoms with Gasteiger partial charge in [-0.15, -0.1) is 4.80 Å². The first kappa shape index (κ1) is 19.7. The van der Waals surface area contributed by atoms with Crippen LogP contribution in [0.3, 0.4) is 0 Å². The van der Waals surface area contributed by atoms with E-state index >= 15 is 0 Å². The lowest BCUT2D eigenvalue weighted by Gasteiger charge is -2.29. The average Bonchev–Trinajstić information content (AvgIpc) is 3.22. The van der Waals surface area contributed by atoms with E-state index in [-0.39, 0.29) is 23.2 Å². The summed E-state index contributed by atoms with van der Waals surface area (Å²) in [5.74, 6) is -0.481. The van der Waals surface area contributed by atoms with E-state index in [1.165, 1.54) is 36.9 Å². The molecule has 2 heterocycles. The largest absolute Gasteiger partial charge is 0.352 e. The van der Waals surface area contributed by atoms with Crippen LogP contribution in [0.25, 0.3) is 5.69 Å². The lowest BCUT2D eigenvalue weighted by atomic mass is 10.1. The summed E-state index contributed by atoms with van der Waals surface area (Å²) in [6, 6.07) is 4.12. The molecule has 0 aliphatic carbocycles. The minimum absolute atomic E-state index is 0.0251. The number of amides is 1. The van der Waals surface area contributed by atoms with Gasteiger partial charge in [0.1, 0.15) is 5.69 Å². The summed E-state index contributed by atoms with van der Waals surface area (Å²) in [6.45, 7) is 4.59. The molecule has 8 nitrogen and oxygen atoms in total. The fourth-order valence-corrected chi connectivity index (χ4v) is 2.88. The first-order valence-electron chi connectivity index (χ1n) is 8.68. The molecule has 28 heavy (non-hydrogen) atoms. The predicted molar refractivity (Wildman–Crippen MR) is 103 cm³/mol. The average molecular weight is 404 g/mol. The van der Waals surface area contributed by atoms with E-state index in [1.807, 2.05) is 13.8 Å². The van der Waals surface area contributed by atoms with Crippen molar-refractivity contribution in [3.63, 3.8) is 0 Å². The Kier molecular flexibility index (Phi) is 6.15. The number of nitrogens with zero attached hydrogens (tertiary/aromatic N) is 6. The quantitative estimate of drug-likeness (QED) is 0.652. The summed E-state index contributed by atoms with van der Waals surface area (Å²) in [5, 5.41) is 11.4. The van der Waals surface area contributed by atoms with Crippen molar-refractivity contribution in [3.05, 3.63) is 59.4 Å². The van der Waals surface area contributed by atoms with Gasteiger partial charge in [-0.25, -0.2) is 14.4 Å². The van der Waals surface area contributed by atoms with Crippen molar-refractivity contribution in [2.45, 2.75) is 19.9 Å². The molecule has 0 saturated carbocycles. The van der Waals surface area contributed by atoms with E-state index in [2.05, 4.69) is 25.5 Å². The molecule has 1 N–H and O–H groups in total. The molecular weight excluding hydrogens is 385 g/mol. The molecule has 0 spiro atoms. The number of halogens is 2. The molecule has 1 amide bonds. The first-order valence-corrected chi connectivity index (χ1v) is 9.06. The number of rotatable bonds is 7. The van der Waals surface area contributed by atoms with Crippen LogP contribution in [0, 0.1) is 5.82 Å².